The van der Waals surface area contributed by atoms with Gasteiger partial charge in [0.15, 0.2) is 0 Å². The Balaban J connectivity index is 2.15. The summed E-state index contributed by atoms with van der Waals surface area (Å²) in [6.07, 6.45) is 3.62. The van der Waals surface area contributed by atoms with E-state index in [9.17, 15) is 0 Å². The lowest BCUT2D eigenvalue weighted by molar-refractivity contribution is 0.571. The summed E-state index contributed by atoms with van der Waals surface area (Å²) in [6.45, 7) is 0. The highest BCUT2D eigenvalue weighted by atomic mass is 79.9. The first-order valence-electron chi connectivity index (χ1n) is 6.06. The molecule has 0 aliphatic rings. The van der Waals surface area contributed by atoms with Crippen LogP contribution in [0.1, 0.15) is 0 Å². The molecule has 0 saturated heterocycles. The number of fused-ring (bicyclic) bond motifs is 3. The van der Waals surface area contributed by atoms with Crippen LogP contribution in [-0.4, -0.2) is 4.57 Å². The minimum absolute atomic E-state index is 1.08. The summed E-state index contributed by atoms with van der Waals surface area (Å²) in [7, 11) is 0. The highest BCUT2D eigenvalue weighted by molar-refractivity contribution is 9.10. The molecule has 0 bridgehead atoms. The average molecular weight is 312 g/mol. The van der Waals surface area contributed by atoms with Gasteiger partial charge in [-0.25, -0.2) is 0 Å². The van der Waals surface area contributed by atoms with Crippen LogP contribution in [-0.2, 0) is 0 Å². The number of benzene rings is 2. The van der Waals surface area contributed by atoms with E-state index in [1.54, 1.807) is 6.26 Å². The van der Waals surface area contributed by atoms with Gasteiger partial charge in [-0.2, -0.15) is 0 Å². The van der Waals surface area contributed by atoms with Crippen LogP contribution in [0.3, 0.4) is 0 Å². The molecule has 0 fully saturated rings. The Kier molecular flexibility index (Phi) is 2.29. The van der Waals surface area contributed by atoms with E-state index < -0.39 is 0 Å². The monoisotopic (exact) mass is 311 g/mol. The lowest BCUT2D eigenvalue weighted by Crippen LogP contribution is -1.92. The third kappa shape index (κ3) is 1.55. The number of furan rings is 1. The van der Waals surface area contributed by atoms with Crippen LogP contribution in [0.4, 0.5) is 0 Å². The molecule has 3 heteroatoms. The quantitative estimate of drug-likeness (QED) is 0.476. The Bertz CT molecular complexity index is 871. The maximum absolute atomic E-state index is 5.37. The van der Waals surface area contributed by atoms with Crippen molar-refractivity contribution in [2.24, 2.45) is 0 Å². The summed E-state index contributed by atoms with van der Waals surface area (Å²) in [5.41, 5.74) is 3.44. The molecule has 0 aliphatic heterocycles. The van der Waals surface area contributed by atoms with E-state index in [0.29, 0.717) is 0 Å². The van der Waals surface area contributed by atoms with E-state index in [1.165, 1.54) is 10.9 Å². The molecule has 92 valence electrons. The molecule has 0 N–H and O–H groups in total. The zero-order chi connectivity index (χ0) is 12.8. The molecule has 0 unspecified atom stereocenters. The molecule has 2 heterocycles. The first kappa shape index (κ1) is 10.9. The zero-order valence-electron chi connectivity index (χ0n) is 10.0. The van der Waals surface area contributed by atoms with Gasteiger partial charge in [0.05, 0.1) is 11.0 Å². The van der Waals surface area contributed by atoms with Crippen LogP contribution < -0.4 is 0 Å². The van der Waals surface area contributed by atoms with Crippen LogP contribution in [0, 0.1) is 0 Å². The van der Waals surface area contributed by atoms with Crippen molar-refractivity contribution >= 4 is 37.7 Å². The number of nitrogens with zero attached hydrogens (tertiary/aromatic N) is 1. The standard InChI is InChI=1S/C16H10BrNO/c17-11-5-7-12(8-6-11)18-15-4-2-1-3-13(15)14-9-19-10-16(14)18/h1-10H. The zero-order valence-corrected chi connectivity index (χ0v) is 11.6. The number of hydrogen-bond acceptors (Lipinski definition) is 1. The van der Waals surface area contributed by atoms with Gasteiger partial charge in [-0.3, -0.25) is 0 Å². The number of hydrogen-bond donors (Lipinski definition) is 0. The maximum atomic E-state index is 5.37. The molecule has 0 radical (unpaired) electrons. The van der Waals surface area contributed by atoms with Crippen molar-refractivity contribution in [3.8, 4) is 5.69 Å². The molecule has 2 aromatic heterocycles. The molecule has 0 atom stereocenters. The Morgan fingerprint density at radius 3 is 2.42 bits per heavy atom. The Morgan fingerprint density at radius 1 is 0.789 bits per heavy atom. The van der Waals surface area contributed by atoms with Crippen LogP contribution in [0.5, 0.6) is 0 Å². The number of halogens is 1. The second-order valence-corrected chi connectivity index (χ2v) is 5.42. The summed E-state index contributed by atoms with van der Waals surface area (Å²) in [6, 6.07) is 16.7. The van der Waals surface area contributed by atoms with Gasteiger partial charge in [0.2, 0.25) is 0 Å². The van der Waals surface area contributed by atoms with Crippen LogP contribution >= 0.6 is 15.9 Å². The second-order valence-electron chi connectivity index (χ2n) is 4.50. The fraction of sp³-hybridized carbons (Fsp3) is 0. The van der Waals surface area contributed by atoms with Gasteiger partial charge in [0, 0.05) is 20.9 Å². The van der Waals surface area contributed by atoms with Crippen LogP contribution in [0.25, 0.3) is 27.5 Å². The topological polar surface area (TPSA) is 18.1 Å². The highest BCUT2D eigenvalue weighted by Gasteiger charge is 2.12. The number of rotatable bonds is 1. The highest BCUT2D eigenvalue weighted by Crippen LogP contribution is 2.32. The van der Waals surface area contributed by atoms with Crippen molar-refractivity contribution in [1.82, 2.24) is 4.57 Å². The SMILES string of the molecule is Brc1ccc(-n2c3ccccc3c3cocc32)cc1. The minimum Gasteiger partial charge on any atom is -0.470 e. The fourth-order valence-electron chi connectivity index (χ4n) is 2.56. The maximum Gasteiger partial charge on any atom is 0.115 e. The Hall–Kier alpha value is -2.00. The number of aromatic nitrogens is 1. The molecular weight excluding hydrogens is 302 g/mol. The Morgan fingerprint density at radius 2 is 1.58 bits per heavy atom. The van der Waals surface area contributed by atoms with Crippen molar-refractivity contribution in [3.63, 3.8) is 0 Å². The summed E-state index contributed by atoms with van der Waals surface area (Å²) in [5.74, 6) is 0. The van der Waals surface area contributed by atoms with Crippen molar-refractivity contribution < 1.29 is 4.42 Å². The van der Waals surface area contributed by atoms with Gasteiger partial charge in [0.1, 0.15) is 12.5 Å². The lowest BCUT2D eigenvalue weighted by atomic mass is 10.2. The van der Waals surface area contributed by atoms with Gasteiger partial charge >= 0.3 is 0 Å². The molecule has 0 saturated carbocycles. The smallest absolute Gasteiger partial charge is 0.115 e. The third-order valence-corrected chi connectivity index (χ3v) is 3.93. The molecule has 0 spiro atoms. The van der Waals surface area contributed by atoms with Gasteiger partial charge in [-0.1, -0.05) is 34.1 Å². The van der Waals surface area contributed by atoms with Crippen molar-refractivity contribution in [3.05, 3.63) is 65.5 Å². The van der Waals surface area contributed by atoms with Gasteiger partial charge < -0.3 is 8.98 Å². The molecular formula is C16H10BrNO. The second kappa shape index (κ2) is 4.00. The third-order valence-electron chi connectivity index (χ3n) is 3.40. The van der Waals surface area contributed by atoms with E-state index in [0.717, 1.165) is 21.1 Å². The molecule has 0 aliphatic carbocycles. The van der Waals surface area contributed by atoms with E-state index in [-0.39, 0.29) is 0 Å². The van der Waals surface area contributed by atoms with Gasteiger partial charge in [-0.05, 0) is 30.3 Å². The van der Waals surface area contributed by atoms with Crippen molar-refractivity contribution in [1.29, 1.82) is 0 Å². The van der Waals surface area contributed by atoms with E-state index in [4.69, 9.17) is 4.42 Å². The molecule has 4 aromatic rings. The summed E-state index contributed by atoms with van der Waals surface area (Å²) in [5, 5.41) is 2.37. The van der Waals surface area contributed by atoms with Crippen molar-refractivity contribution in [2.45, 2.75) is 0 Å². The normalized spacial score (nSPS) is 11.4. The molecule has 4 rings (SSSR count). The summed E-state index contributed by atoms with van der Waals surface area (Å²) < 4.78 is 8.67. The molecule has 0 amide bonds. The van der Waals surface area contributed by atoms with E-state index in [2.05, 4.69) is 69.0 Å². The van der Waals surface area contributed by atoms with E-state index in [1.807, 2.05) is 6.26 Å². The predicted octanol–water partition coefficient (Wildman–Crippen LogP) is 5.14. The van der Waals surface area contributed by atoms with Crippen LogP contribution in [0.15, 0.2) is 69.9 Å². The first-order valence-corrected chi connectivity index (χ1v) is 6.85. The molecule has 19 heavy (non-hydrogen) atoms. The van der Waals surface area contributed by atoms with Crippen molar-refractivity contribution in [2.75, 3.05) is 0 Å². The summed E-state index contributed by atoms with van der Waals surface area (Å²) >= 11 is 3.47. The molecule has 2 nitrogen and oxygen atoms in total. The van der Waals surface area contributed by atoms with Crippen LogP contribution in [0.2, 0.25) is 0 Å². The minimum atomic E-state index is 1.08. The summed E-state index contributed by atoms with van der Waals surface area (Å²) in [4.78, 5) is 0. The largest absolute Gasteiger partial charge is 0.470 e. The lowest BCUT2D eigenvalue weighted by Gasteiger charge is -2.06. The van der Waals surface area contributed by atoms with E-state index >= 15 is 0 Å². The predicted molar refractivity (Wildman–Crippen MR) is 80.7 cm³/mol. The van der Waals surface area contributed by atoms with Gasteiger partial charge in [0.25, 0.3) is 0 Å². The Labute approximate surface area is 118 Å². The molecule has 2 aromatic carbocycles. The number of para-hydroxylation sites is 1. The first-order chi connectivity index (χ1) is 9.34. The average Bonchev–Trinajstić information content (AvgIpc) is 3.00. The fourth-order valence-corrected chi connectivity index (χ4v) is 2.82. The van der Waals surface area contributed by atoms with Gasteiger partial charge in [-0.15, -0.1) is 0 Å².